The molecular weight excluding hydrogens is 278 g/mol. The van der Waals surface area contributed by atoms with E-state index in [2.05, 4.69) is 49.1 Å². The van der Waals surface area contributed by atoms with Crippen LogP contribution in [0.25, 0.3) is 0 Å². The Morgan fingerprint density at radius 2 is 1.09 bits per heavy atom. The molecule has 132 valence electrons. The van der Waals surface area contributed by atoms with Gasteiger partial charge in [0.05, 0.1) is 0 Å². The molecule has 1 nitrogen and oxygen atoms in total. The van der Waals surface area contributed by atoms with Crippen molar-refractivity contribution in [2.24, 2.45) is 0 Å². The Balaban J connectivity index is 1.91. The van der Waals surface area contributed by atoms with E-state index >= 15 is 0 Å². The van der Waals surface area contributed by atoms with Crippen LogP contribution in [0.2, 0.25) is 0 Å². The van der Waals surface area contributed by atoms with Gasteiger partial charge in [0.1, 0.15) is 0 Å². The first-order valence-corrected chi connectivity index (χ1v) is 10.2. The molecule has 0 radical (unpaired) electrons. The Morgan fingerprint density at radius 3 is 1.57 bits per heavy atom. The lowest BCUT2D eigenvalue weighted by atomic mass is 10.1. The molecule has 1 heteroatoms. The number of nitrogens with zero attached hydrogens (tertiary/aromatic N) is 1. The molecule has 0 spiro atoms. The maximum Gasteiger partial charge on any atom is 0.0366 e. The van der Waals surface area contributed by atoms with Crippen LogP contribution < -0.4 is 4.90 Å². The smallest absolute Gasteiger partial charge is 0.0366 e. The summed E-state index contributed by atoms with van der Waals surface area (Å²) in [6, 6.07) is 10.8. The van der Waals surface area contributed by atoms with Crippen LogP contribution in [-0.2, 0) is 0 Å². The zero-order valence-corrected chi connectivity index (χ0v) is 15.7. The van der Waals surface area contributed by atoms with Crippen LogP contribution in [0.5, 0.6) is 0 Å². The molecule has 0 amide bonds. The lowest BCUT2D eigenvalue weighted by molar-refractivity contribution is 0.543. The van der Waals surface area contributed by atoms with Crippen LogP contribution in [0.4, 0.5) is 5.69 Å². The third-order valence-corrected chi connectivity index (χ3v) is 4.78. The number of benzene rings is 1. The largest absolute Gasteiger partial charge is 0.372 e. The van der Waals surface area contributed by atoms with Gasteiger partial charge in [0.15, 0.2) is 0 Å². The number of hydrogen-bond donors (Lipinski definition) is 0. The van der Waals surface area contributed by atoms with E-state index in [0.717, 1.165) is 6.54 Å². The van der Waals surface area contributed by atoms with Gasteiger partial charge in [0.25, 0.3) is 0 Å². The van der Waals surface area contributed by atoms with E-state index in [1.165, 1.54) is 89.3 Å². The van der Waals surface area contributed by atoms with Crippen molar-refractivity contribution in [2.75, 3.05) is 18.0 Å². The molecule has 0 saturated heterocycles. The van der Waals surface area contributed by atoms with E-state index in [9.17, 15) is 0 Å². The normalized spacial score (nSPS) is 10.9. The molecule has 0 aliphatic carbocycles. The SMILES string of the molecule is CCCCCCCCCCCCCCN(CC)c1ccccc1. The Hall–Kier alpha value is -0.980. The van der Waals surface area contributed by atoms with E-state index < -0.39 is 0 Å². The number of rotatable bonds is 15. The van der Waals surface area contributed by atoms with Crippen molar-refractivity contribution in [2.45, 2.75) is 90.9 Å². The van der Waals surface area contributed by atoms with E-state index in [0.29, 0.717) is 0 Å². The van der Waals surface area contributed by atoms with Gasteiger partial charge >= 0.3 is 0 Å². The van der Waals surface area contributed by atoms with Crippen molar-refractivity contribution in [3.8, 4) is 0 Å². The average Bonchev–Trinajstić information content (AvgIpc) is 2.60. The molecule has 0 fully saturated rings. The fourth-order valence-corrected chi connectivity index (χ4v) is 3.25. The minimum absolute atomic E-state index is 1.11. The standard InChI is InChI=1S/C22H39N/c1-3-5-6-7-8-9-10-11-12-13-14-18-21-23(4-2)22-19-16-15-17-20-22/h15-17,19-20H,3-14,18,21H2,1-2H3. The quantitative estimate of drug-likeness (QED) is 0.309. The summed E-state index contributed by atoms with van der Waals surface area (Å²) < 4.78 is 0. The molecule has 23 heavy (non-hydrogen) atoms. The van der Waals surface area contributed by atoms with Gasteiger partial charge in [-0.15, -0.1) is 0 Å². The fourth-order valence-electron chi connectivity index (χ4n) is 3.25. The number of unbranched alkanes of at least 4 members (excludes halogenated alkanes) is 11. The van der Waals surface area contributed by atoms with E-state index in [1.807, 2.05) is 0 Å². The Bertz CT molecular complexity index is 346. The zero-order valence-electron chi connectivity index (χ0n) is 15.7. The first-order valence-electron chi connectivity index (χ1n) is 10.2. The maximum absolute atomic E-state index is 2.50. The molecule has 1 aromatic rings. The summed E-state index contributed by atoms with van der Waals surface area (Å²) in [6.45, 7) is 6.87. The van der Waals surface area contributed by atoms with Gasteiger partial charge < -0.3 is 4.90 Å². The Morgan fingerprint density at radius 1 is 0.609 bits per heavy atom. The van der Waals surface area contributed by atoms with Crippen molar-refractivity contribution in [3.05, 3.63) is 30.3 Å². The minimum atomic E-state index is 1.11. The monoisotopic (exact) mass is 317 g/mol. The number of hydrogen-bond acceptors (Lipinski definition) is 1. The van der Waals surface area contributed by atoms with Gasteiger partial charge in [-0.1, -0.05) is 95.8 Å². The molecule has 0 aromatic heterocycles. The molecule has 0 N–H and O–H groups in total. The second-order valence-electron chi connectivity index (χ2n) is 6.80. The molecule has 0 saturated carbocycles. The van der Waals surface area contributed by atoms with Crippen LogP contribution in [0, 0.1) is 0 Å². The van der Waals surface area contributed by atoms with Crippen LogP contribution in [0.3, 0.4) is 0 Å². The third-order valence-electron chi connectivity index (χ3n) is 4.78. The van der Waals surface area contributed by atoms with E-state index in [4.69, 9.17) is 0 Å². The average molecular weight is 318 g/mol. The highest BCUT2D eigenvalue weighted by Crippen LogP contribution is 2.15. The van der Waals surface area contributed by atoms with Gasteiger partial charge in [0, 0.05) is 18.8 Å². The summed E-state index contributed by atoms with van der Waals surface area (Å²) in [5.41, 5.74) is 1.37. The third kappa shape index (κ3) is 10.4. The lowest BCUT2D eigenvalue weighted by Gasteiger charge is -2.23. The van der Waals surface area contributed by atoms with Crippen LogP contribution in [0.1, 0.15) is 90.9 Å². The predicted octanol–water partition coefficient (Wildman–Crippen LogP) is 7.21. The number of para-hydroxylation sites is 1. The highest BCUT2D eigenvalue weighted by atomic mass is 15.1. The first kappa shape index (κ1) is 20.1. The second kappa shape index (κ2) is 14.6. The van der Waals surface area contributed by atoms with Crippen molar-refractivity contribution >= 4 is 5.69 Å². The van der Waals surface area contributed by atoms with Gasteiger partial charge in [0.2, 0.25) is 0 Å². The van der Waals surface area contributed by atoms with Gasteiger partial charge in [-0.3, -0.25) is 0 Å². The molecule has 0 atom stereocenters. The topological polar surface area (TPSA) is 3.24 Å². The highest BCUT2D eigenvalue weighted by molar-refractivity contribution is 5.45. The molecule has 1 rings (SSSR count). The highest BCUT2D eigenvalue weighted by Gasteiger charge is 2.02. The minimum Gasteiger partial charge on any atom is -0.372 e. The summed E-state index contributed by atoms with van der Waals surface area (Å²) in [6.07, 6.45) is 17.1. The molecule has 1 aromatic carbocycles. The van der Waals surface area contributed by atoms with Crippen molar-refractivity contribution in [3.63, 3.8) is 0 Å². The van der Waals surface area contributed by atoms with E-state index in [-0.39, 0.29) is 0 Å². The van der Waals surface area contributed by atoms with Gasteiger partial charge in [-0.25, -0.2) is 0 Å². The van der Waals surface area contributed by atoms with Crippen molar-refractivity contribution in [1.82, 2.24) is 0 Å². The fraction of sp³-hybridized carbons (Fsp3) is 0.727. The summed E-state index contributed by atoms with van der Waals surface area (Å²) in [7, 11) is 0. The van der Waals surface area contributed by atoms with Crippen molar-refractivity contribution < 1.29 is 0 Å². The van der Waals surface area contributed by atoms with E-state index in [1.54, 1.807) is 0 Å². The molecular formula is C22H39N. The van der Waals surface area contributed by atoms with Crippen LogP contribution in [0.15, 0.2) is 30.3 Å². The van der Waals surface area contributed by atoms with Gasteiger partial charge in [-0.2, -0.15) is 0 Å². The zero-order chi connectivity index (χ0) is 16.6. The summed E-state index contributed by atoms with van der Waals surface area (Å²) in [5, 5.41) is 0. The summed E-state index contributed by atoms with van der Waals surface area (Å²) in [5.74, 6) is 0. The number of anilines is 1. The second-order valence-corrected chi connectivity index (χ2v) is 6.80. The van der Waals surface area contributed by atoms with Crippen molar-refractivity contribution in [1.29, 1.82) is 0 Å². The molecule has 0 bridgehead atoms. The predicted molar refractivity (Wildman–Crippen MR) is 105 cm³/mol. The lowest BCUT2D eigenvalue weighted by Crippen LogP contribution is -2.23. The molecule has 0 aliphatic rings. The summed E-state index contributed by atoms with van der Waals surface area (Å²) in [4.78, 5) is 2.50. The van der Waals surface area contributed by atoms with Crippen LogP contribution in [-0.4, -0.2) is 13.1 Å². The van der Waals surface area contributed by atoms with Crippen LogP contribution >= 0.6 is 0 Å². The maximum atomic E-state index is 2.50. The van der Waals surface area contributed by atoms with Gasteiger partial charge in [-0.05, 0) is 25.5 Å². The summed E-state index contributed by atoms with van der Waals surface area (Å²) >= 11 is 0. The molecule has 0 unspecified atom stereocenters. The molecule has 0 aliphatic heterocycles. The Labute approximate surface area is 145 Å². The molecule has 0 heterocycles. The Kier molecular flexibility index (Phi) is 12.7. The first-order chi connectivity index (χ1) is 11.4.